The molecule has 0 saturated heterocycles. The standard InChI is InChI=1S/C24H26N4O4S2/c1-15-14-33-24(25-15)26-23(30)21(12-18-7-5-4-6-8-18)27-34(31,32)20-9-10-22-19(13-20)11-16(2)28(22)17(3)29/h4-10,13-14,16,21,27H,11-12H2,1-3H3,(H,25,26,30)/t16-,21+/m0/s1. The highest BCUT2D eigenvalue weighted by atomic mass is 32.2. The number of carbonyl (C=O) groups excluding carboxylic acids is 2. The average Bonchev–Trinajstić information content (AvgIpc) is 3.34. The van der Waals surface area contributed by atoms with E-state index in [1.807, 2.05) is 49.6 Å². The molecule has 3 aromatic rings. The predicted octanol–water partition coefficient (Wildman–Crippen LogP) is 3.28. The van der Waals surface area contributed by atoms with Crippen molar-refractivity contribution in [3.8, 4) is 0 Å². The number of nitrogens with one attached hydrogen (secondary N) is 2. The highest BCUT2D eigenvalue weighted by molar-refractivity contribution is 7.89. The summed E-state index contributed by atoms with van der Waals surface area (Å²) >= 11 is 1.28. The molecule has 0 radical (unpaired) electrons. The van der Waals surface area contributed by atoms with Crippen LogP contribution in [0.1, 0.15) is 30.7 Å². The SMILES string of the molecule is CC(=O)N1c2ccc(S(=O)(=O)N[C@H](Cc3ccccc3)C(=O)Nc3nc(C)cs3)cc2C[C@@H]1C. The van der Waals surface area contributed by atoms with Gasteiger partial charge in [0.1, 0.15) is 6.04 Å². The molecule has 1 aliphatic heterocycles. The maximum Gasteiger partial charge on any atom is 0.244 e. The number of sulfonamides is 1. The number of amides is 2. The van der Waals surface area contributed by atoms with E-state index in [1.54, 1.807) is 17.0 Å². The largest absolute Gasteiger partial charge is 0.309 e. The molecule has 10 heteroatoms. The molecule has 0 unspecified atom stereocenters. The highest BCUT2D eigenvalue weighted by Gasteiger charge is 2.32. The van der Waals surface area contributed by atoms with Gasteiger partial charge in [0.15, 0.2) is 5.13 Å². The molecule has 4 rings (SSSR count). The van der Waals surface area contributed by atoms with Crippen LogP contribution in [0.5, 0.6) is 0 Å². The summed E-state index contributed by atoms with van der Waals surface area (Å²) in [5, 5.41) is 4.94. The Labute approximate surface area is 203 Å². The van der Waals surface area contributed by atoms with Gasteiger partial charge in [-0.2, -0.15) is 4.72 Å². The number of rotatable bonds is 7. The Morgan fingerprint density at radius 2 is 1.94 bits per heavy atom. The van der Waals surface area contributed by atoms with Crippen molar-refractivity contribution in [2.24, 2.45) is 0 Å². The first-order chi connectivity index (χ1) is 16.1. The lowest BCUT2D eigenvalue weighted by Gasteiger charge is -2.21. The summed E-state index contributed by atoms with van der Waals surface area (Å²) in [5.74, 6) is -0.573. The van der Waals surface area contributed by atoms with E-state index in [1.165, 1.54) is 24.3 Å². The van der Waals surface area contributed by atoms with Crippen LogP contribution in [0, 0.1) is 6.92 Å². The second-order valence-corrected chi connectivity index (χ2v) is 11.0. The zero-order valence-electron chi connectivity index (χ0n) is 19.1. The minimum absolute atomic E-state index is 0.0447. The molecule has 8 nitrogen and oxygen atoms in total. The maximum atomic E-state index is 13.3. The van der Waals surface area contributed by atoms with E-state index in [4.69, 9.17) is 0 Å². The molecule has 0 bridgehead atoms. The van der Waals surface area contributed by atoms with Crippen LogP contribution in [0.3, 0.4) is 0 Å². The molecule has 178 valence electrons. The van der Waals surface area contributed by atoms with E-state index in [2.05, 4.69) is 15.0 Å². The lowest BCUT2D eigenvalue weighted by molar-refractivity contribution is -0.118. The minimum Gasteiger partial charge on any atom is -0.309 e. The smallest absolute Gasteiger partial charge is 0.244 e. The molecule has 0 spiro atoms. The number of carbonyl (C=O) groups is 2. The van der Waals surface area contributed by atoms with Gasteiger partial charge >= 0.3 is 0 Å². The number of benzene rings is 2. The van der Waals surface area contributed by atoms with Crippen molar-refractivity contribution in [1.29, 1.82) is 0 Å². The normalized spacial score (nSPS) is 16.2. The van der Waals surface area contributed by atoms with E-state index in [9.17, 15) is 18.0 Å². The monoisotopic (exact) mass is 498 g/mol. The summed E-state index contributed by atoms with van der Waals surface area (Å²) < 4.78 is 29.2. The molecule has 1 aromatic heterocycles. The van der Waals surface area contributed by atoms with Crippen molar-refractivity contribution in [2.45, 2.75) is 50.6 Å². The zero-order valence-corrected chi connectivity index (χ0v) is 20.7. The molecule has 0 fully saturated rings. The number of nitrogens with zero attached hydrogens (tertiary/aromatic N) is 2. The number of aryl methyl sites for hydroxylation is 1. The summed E-state index contributed by atoms with van der Waals surface area (Å²) in [6.45, 7) is 5.24. The van der Waals surface area contributed by atoms with Crippen LogP contribution in [-0.2, 0) is 32.5 Å². The van der Waals surface area contributed by atoms with Gasteiger partial charge in [-0.15, -0.1) is 11.3 Å². The average molecular weight is 499 g/mol. The van der Waals surface area contributed by atoms with Crippen LogP contribution in [0.2, 0.25) is 0 Å². The van der Waals surface area contributed by atoms with Gasteiger partial charge in [-0.3, -0.25) is 9.59 Å². The number of thiazole rings is 1. The Kier molecular flexibility index (Phi) is 6.83. The van der Waals surface area contributed by atoms with Gasteiger partial charge in [-0.25, -0.2) is 13.4 Å². The first-order valence-corrected chi connectivity index (χ1v) is 13.2. The maximum absolute atomic E-state index is 13.3. The zero-order chi connectivity index (χ0) is 24.5. The molecular formula is C24H26N4O4S2. The molecule has 0 saturated carbocycles. The Morgan fingerprint density at radius 1 is 1.21 bits per heavy atom. The first kappa shape index (κ1) is 24.1. The molecule has 2 N–H and O–H groups in total. The van der Waals surface area contributed by atoms with Crippen LogP contribution in [0.4, 0.5) is 10.8 Å². The van der Waals surface area contributed by atoms with Crippen molar-refractivity contribution in [1.82, 2.24) is 9.71 Å². The van der Waals surface area contributed by atoms with E-state index in [0.717, 1.165) is 22.5 Å². The Bertz CT molecular complexity index is 1320. The van der Waals surface area contributed by atoms with Crippen LogP contribution in [0.15, 0.2) is 58.8 Å². The Hall–Kier alpha value is -3.08. The molecule has 34 heavy (non-hydrogen) atoms. The van der Waals surface area contributed by atoms with Crippen molar-refractivity contribution in [3.05, 3.63) is 70.7 Å². The summed E-state index contributed by atoms with van der Waals surface area (Å²) in [6.07, 6.45) is 0.742. The van der Waals surface area contributed by atoms with Crippen molar-refractivity contribution >= 4 is 44.0 Å². The second-order valence-electron chi connectivity index (χ2n) is 8.38. The van der Waals surface area contributed by atoms with Gasteiger partial charge in [0.05, 0.1) is 10.6 Å². The quantitative estimate of drug-likeness (QED) is 0.520. The van der Waals surface area contributed by atoms with Crippen LogP contribution in [-0.4, -0.2) is 37.3 Å². The van der Waals surface area contributed by atoms with E-state index in [0.29, 0.717) is 11.6 Å². The second kappa shape index (κ2) is 9.65. The number of hydrogen-bond acceptors (Lipinski definition) is 6. The van der Waals surface area contributed by atoms with Gasteiger partial charge in [-0.1, -0.05) is 30.3 Å². The van der Waals surface area contributed by atoms with E-state index in [-0.39, 0.29) is 23.3 Å². The van der Waals surface area contributed by atoms with Crippen LogP contribution < -0.4 is 14.9 Å². The van der Waals surface area contributed by atoms with Gasteiger partial charge in [0.25, 0.3) is 0 Å². The Morgan fingerprint density at radius 3 is 2.59 bits per heavy atom. The van der Waals surface area contributed by atoms with Gasteiger partial charge < -0.3 is 10.2 Å². The Balaban J connectivity index is 1.60. The molecule has 0 aliphatic carbocycles. The molecule has 2 heterocycles. The topological polar surface area (TPSA) is 108 Å². The third kappa shape index (κ3) is 5.19. The van der Waals surface area contributed by atoms with Crippen LogP contribution >= 0.6 is 11.3 Å². The summed E-state index contributed by atoms with van der Waals surface area (Å²) in [7, 11) is -4.02. The van der Waals surface area contributed by atoms with Crippen molar-refractivity contribution < 1.29 is 18.0 Å². The minimum atomic E-state index is -4.02. The lowest BCUT2D eigenvalue weighted by atomic mass is 10.1. The lowest BCUT2D eigenvalue weighted by Crippen LogP contribution is -2.45. The fraction of sp³-hybridized carbons (Fsp3) is 0.292. The fourth-order valence-electron chi connectivity index (χ4n) is 4.15. The molecule has 2 amide bonds. The first-order valence-electron chi connectivity index (χ1n) is 10.9. The number of anilines is 2. The number of fused-ring (bicyclic) bond motifs is 1. The molecule has 2 aromatic carbocycles. The van der Waals surface area contributed by atoms with Crippen LogP contribution in [0.25, 0.3) is 0 Å². The highest BCUT2D eigenvalue weighted by Crippen LogP contribution is 2.34. The third-order valence-corrected chi connectivity index (χ3v) is 8.01. The molecular weight excluding hydrogens is 472 g/mol. The van der Waals surface area contributed by atoms with Crippen molar-refractivity contribution in [3.63, 3.8) is 0 Å². The predicted molar refractivity (Wildman–Crippen MR) is 133 cm³/mol. The fourth-order valence-corrected chi connectivity index (χ4v) is 6.09. The molecule has 2 atom stereocenters. The van der Waals surface area contributed by atoms with Crippen molar-refractivity contribution in [2.75, 3.05) is 10.2 Å². The summed E-state index contributed by atoms with van der Waals surface area (Å²) in [4.78, 5) is 31.0. The van der Waals surface area contributed by atoms with Gasteiger partial charge in [0.2, 0.25) is 21.8 Å². The molecule has 1 aliphatic rings. The third-order valence-electron chi connectivity index (χ3n) is 5.66. The number of hydrogen-bond donors (Lipinski definition) is 2. The number of aromatic nitrogens is 1. The van der Waals surface area contributed by atoms with Gasteiger partial charge in [-0.05, 0) is 56.0 Å². The van der Waals surface area contributed by atoms with Gasteiger partial charge in [0, 0.05) is 24.0 Å². The summed E-state index contributed by atoms with van der Waals surface area (Å²) in [6, 6.07) is 12.8. The van der Waals surface area contributed by atoms with E-state index >= 15 is 0 Å². The van der Waals surface area contributed by atoms with E-state index < -0.39 is 22.0 Å². The summed E-state index contributed by atoms with van der Waals surface area (Å²) in [5.41, 5.74) is 3.09.